The summed E-state index contributed by atoms with van der Waals surface area (Å²) in [4.78, 5) is 23.1. The van der Waals surface area contributed by atoms with E-state index in [-0.39, 0.29) is 11.8 Å². The first kappa shape index (κ1) is 17.3. The highest BCUT2D eigenvalue weighted by Crippen LogP contribution is 2.22. The van der Waals surface area contributed by atoms with Crippen LogP contribution in [0.2, 0.25) is 10.0 Å². The van der Waals surface area contributed by atoms with E-state index in [0.29, 0.717) is 34.3 Å². The van der Waals surface area contributed by atoms with Gasteiger partial charge >= 0.3 is 0 Å². The summed E-state index contributed by atoms with van der Waals surface area (Å²) in [7, 11) is 0. The van der Waals surface area contributed by atoms with Crippen molar-refractivity contribution in [3.05, 3.63) is 58.1 Å². The number of carbonyl (C=O) groups is 2. The van der Waals surface area contributed by atoms with Gasteiger partial charge in [0, 0.05) is 34.8 Å². The molecule has 4 nitrogen and oxygen atoms in total. The van der Waals surface area contributed by atoms with Gasteiger partial charge in [-0.25, -0.2) is 0 Å². The zero-order valence-electron chi connectivity index (χ0n) is 12.5. The van der Waals surface area contributed by atoms with Gasteiger partial charge in [-0.2, -0.15) is 0 Å². The van der Waals surface area contributed by atoms with Crippen LogP contribution in [0.3, 0.4) is 0 Å². The van der Waals surface area contributed by atoms with Gasteiger partial charge in [0.25, 0.3) is 0 Å². The van der Waals surface area contributed by atoms with Crippen LogP contribution in [0.25, 0.3) is 0 Å². The second kappa shape index (κ2) is 7.99. The average Bonchev–Trinajstić information content (AvgIpc) is 2.46. The first-order valence-corrected chi connectivity index (χ1v) is 7.81. The summed E-state index contributed by atoms with van der Waals surface area (Å²) >= 11 is 11.9. The summed E-state index contributed by atoms with van der Waals surface area (Å²) in [6.07, 6.45) is 0.818. The van der Waals surface area contributed by atoms with Gasteiger partial charge in [0.2, 0.25) is 11.8 Å². The molecule has 0 aliphatic rings. The molecular weight excluding hydrogens is 335 g/mol. The summed E-state index contributed by atoms with van der Waals surface area (Å²) in [5.41, 5.74) is 2.14. The Balaban J connectivity index is 1.93. The van der Waals surface area contributed by atoms with Crippen LogP contribution in [0, 0.1) is 0 Å². The maximum absolute atomic E-state index is 12.0. The summed E-state index contributed by atoms with van der Waals surface area (Å²) < 4.78 is 0. The minimum absolute atomic E-state index is 0.129. The molecule has 120 valence electrons. The molecule has 2 N–H and O–H groups in total. The van der Waals surface area contributed by atoms with Crippen molar-refractivity contribution in [1.82, 2.24) is 0 Å². The van der Waals surface area contributed by atoms with Crippen LogP contribution in [-0.2, 0) is 16.0 Å². The predicted octanol–water partition coefficient (Wildman–Crippen LogP) is 4.52. The SMILES string of the molecule is CC(=O)Nc1cccc(NC(=O)CCc2ccc(Cl)cc2Cl)c1. The monoisotopic (exact) mass is 350 g/mol. The van der Waals surface area contributed by atoms with Gasteiger partial charge in [-0.1, -0.05) is 35.3 Å². The van der Waals surface area contributed by atoms with Crippen molar-refractivity contribution >= 4 is 46.4 Å². The van der Waals surface area contributed by atoms with Gasteiger partial charge in [-0.3, -0.25) is 9.59 Å². The van der Waals surface area contributed by atoms with Crippen LogP contribution < -0.4 is 10.6 Å². The minimum Gasteiger partial charge on any atom is -0.326 e. The molecule has 0 saturated carbocycles. The van der Waals surface area contributed by atoms with Crippen LogP contribution in [0.4, 0.5) is 11.4 Å². The molecule has 0 aliphatic carbocycles. The minimum atomic E-state index is -0.161. The summed E-state index contributed by atoms with van der Waals surface area (Å²) in [5.74, 6) is -0.290. The third-order valence-electron chi connectivity index (χ3n) is 3.10. The second-order valence-corrected chi connectivity index (χ2v) is 5.89. The lowest BCUT2D eigenvalue weighted by Gasteiger charge is -2.08. The smallest absolute Gasteiger partial charge is 0.224 e. The molecule has 0 saturated heterocycles. The van der Waals surface area contributed by atoms with Gasteiger partial charge in [0.05, 0.1) is 0 Å². The maximum Gasteiger partial charge on any atom is 0.224 e. The van der Waals surface area contributed by atoms with Gasteiger partial charge in [0.15, 0.2) is 0 Å². The standard InChI is InChI=1S/C17H16Cl2N2O2/c1-11(22)20-14-3-2-4-15(10-14)21-17(23)8-6-12-5-7-13(18)9-16(12)19/h2-5,7,9-10H,6,8H2,1H3,(H,20,22)(H,21,23). The first-order valence-electron chi connectivity index (χ1n) is 7.05. The van der Waals surface area contributed by atoms with E-state index in [0.717, 1.165) is 5.56 Å². The lowest BCUT2D eigenvalue weighted by molar-refractivity contribution is -0.116. The van der Waals surface area contributed by atoms with Crippen molar-refractivity contribution in [2.24, 2.45) is 0 Å². The molecule has 0 fully saturated rings. The van der Waals surface area contributed by atoms with Gasteiger partial charge in [0.1, 0.15) is 0 Å². The first-order chi connectivity index (χ1) is 10.9. The van der Waals surface area contributed by atoms with E-state index >= 15 is 0 Å². The molecule has 0 heterocycles. The van der Waals surface area contributed by atoms with E-state index in [1.807, 2.05) is 6.07 Å². The van der Waals surface area contributed by atoms with Crippen LogP contribution in [0.5, 0.6) is 0 Å². The quantitative estimate of drug-likeness (QED) is 0.832. The number of aryl methyl sites for hydroxylation is 1. The van der Waals surface area contributed by atoms with E-state index in [9.17, 15) is 9.59 Å². The van der Waals surface area contributed by atoms with E-state index in [1.165, 1.54) is 6.92 Å². The number of benzene rings is 2. The Kier molecular flexibility index (Phi) is 6.02. The Morgan fingerprint density at radius 3 is 2.35 bits per heavy atom. The third kappa shape index (κ3) is 5.58. The van der Waals surface area contributed by atoms with Gasteiger partial charge in [-0.15, -0.1) is 0 Å². The van der Waals surface area contributed by atoms with Crippen molar-refractivity contribution in [1.29, 1.82) is 0 Å². The maximum atomic E-state index is 12.0. The van der Waals surface area contributed by atoms with Crippen molar-refractivity contribution in [2.75, 3.05) is 10.6 Å². The molecule has 2 aromatic carbocycles. The number of nitrogens with one attached hydrogen (secondary N) is 2. The molecule has 0 bridgehead atoms. The summed E-state index contributed by atoms with van der Waals surface area (Å²) in [6.45, 7) is 1.43. The van der Waals surface area contributed by atoms with E-state index < -0.39 is 0 Å². The second-order valence-electron chi connectivity index (χ2n) is 5.05. The van der Waals surface area contributed by atoms with Crippen LogP contribution in [0.15, 0.2) is 42.5 Å². The van der Waals surface area contributed by atoms with Crippen molar-refractivity contribution in [3.8, 4) is 0 Å². The number of carbonyl (C=O) groups excluding carboxylic acids is 2. The Morgan fingerprint density at radius 2 is 1.70 bits per heavy atom. The lowest BCUT2D eigenvalue weighted by Crippen LogP contribution is -2.13. The highest BCUT2D eigenvalue weighted by Gasteiger charge is 2.07. The number of rotatable bonds is 5. The molecule has 0 radical (unpaired) electrons. The van der Waals surface area contributed by atoms with Gasteiger partial charge in [-0.05, 0) is 42.3 Å². The lowest BCUT2D eigenvalue weighted by atomic mass is 10.1. The molecule has 6 heteroatoms. The van der Waals surface area contributed by atoms with Crippen molar-refractivity contribution < 1.29 is 9.59 Å². The van der Waals surface area contributed by atoms with Crippen LogP contribution >= 0.6 is 23.2 Å². The largest absolute Gasteiger partial charge is 0.326 e. The molecule has 2 aromatic rings. The number of anilines is 2. The number of halogens is 2. The van der Waals surface area contributed by atoms with Crippen molar-refractivity contribution in [3.63, 3.8) is 0 Å². The van der Waals surface area contributed by atoms with E-state index in [2.05, 4.69) is 10.6 Å². The molecular formula is C17H16Cl2N2O2. The fraction of sp³-hybridized carbons (Fsp3) is 0.176. The fourth-order valence-electron chi connectivity index (χ4n) is 2.07. The van der Waals surface area contributed by atoms with E-state index in [1.54, 1.807) is 36.4 Å². The molecule has 0 aliphatic heterocycles. The highest BCUT2D eigenvalue weighted by molar-refractivity contribution is 6.35. The van der Waals surface area contributed by atoms with Crippen molar-refractivity contribution in [2.45, 2.75) is 19.8 Å². The fourth-order valence-corrected chi connectivity index (χ4v) is 2.58. The van der Waals surface area contributed by atoms with Gasteiger partial charge < -0.3 is 10.6 Å². The number of amides is 2. The van der Waals surface area contributed by atoms with Crippen LogP contribution in [0.1, 0.15) is 18.9 Å². The molecule has 0 aromatic heterocycles. The molecule has 0 unspecified atom stereocenters. The summed E-state index contributed by atoms with van der Waals surface area (Å²) in [5, 5.41) is 6.59. The number of hydrogen-bond acceptors (Lipinski definition) is 2. The Bertz CT molecular complexity index is 732. The zero-order valence-corrected chi connectivity index (χ0v) is 14.0. The average molecular weight is 351 g/mol. The Hall–Kier alpha value is -2.04. The molecule has 0 atom stereocenters. The zero-order chi connectivity index (χ0) is 16.8. The predicted molar refractivity (Wildman–Crippen MR) is 94.2 cm³/mol. The normalized spacial score (nSPS) is 10.2. The molecule has 2 rings (SSSR count). The topological polar surface area (TPSA) is 58.2 Å². The molecule has 0 spiro atoms. The number of hydrogen-bond donors (Lipinski definition) is 2. The van der Waals surface area contributed by atoms with E-state index in [4.69, 9.17) is 23.2 Å². The molecule has 2 amide bonds. The summed E-state index contributed by atoms with van der Waals surface area (Å²) in [6, 6.07) is 12.2. The Labute approximate surface area is 144 Å². The molecule has 23 heavy (non-hydrogen) atoms. The Morgan fingerprint density at radius 1 is 1.00 bits per heavy atom. The van der Waals surface area contributed by atoms with Crippen LogP contribution in [-0.4, -0.2) is 11.8 Å². The highest BCUT2D eigenvalue weighted by atomic mass is 35.5. The third-order valence-corrected chi connectivity index (χ3v) is 3.69.